The molecule has 1 N–H and O–H groups in total. The Morgan fingerprint density at radius 3 is 2.77 bits per heavy atom. The molecule has 144 valence electrons. The predicted molar refractivity (Wildman–Crippen MR) is 108 cm³/mol. The maximum Gasteiger partial charge on any atom is 0.193 e. The highest BCUT2D eigenvalue weighted by Gasteiger charge is 2.26. The van der Waals surface area contributed by atoms with Crippen LogP contribution in [0.2, 0.25) is 5.02 Å². The van der Waals surface area contributed by atoms with Gasteiger partial charge in [-0.15, -0.1) is 0 Å². The monoisotopic (exact) mass is 378 g/mol. The number of guanidine groups is 1. The van der Waals surface area contributed by atoms with E-state index < -0.39 is 0 Å². The van der Waals surface area contributed by atoms with Crippen molar-refractivity contribution < 1.29 is 4.74 Å². The molecular formula is C20H31ClN4O. The van der Waals surface area contributed by atoms with Crippen LogP contribution in [0.25, 0.3) is 0 Å². The van der Waals surface area contributed by atoms with Crippen LogP contribution in [0, 0.1) is 5.92 Å². The van der Waals surface area contributed by atoms with Crippen molar-refractivity contribution in [2.24, 2.45) is 10.9 Å². The molecule has 0 bridgehead atoms. The first kappa shape index (κ1) is 19.5. The zero-order chi connectivity index (χ0) is 18.4. The molecule has 2 aliphatic rings. The van der Waals surface area contributed by atoms with Gasteiger partial charge in [0.15, 0.2) is 5.96 Å². The molecule has 0 radical (unpaired) electrons. The van der Waals surface area contributed by atoms with Crippen LogP contribution < -0.4 is 5.32 Å². The van der Waals surface area contributed by atoms with E-state index in [1.54, 1.807) is 0 Å². The average molecular weight is 379 g/mol. The molecule has 5 nitrogen and oxygen atoms in total. The van der Waals surface area contributed by atoms with E-state index in [1.807, 2.05) is 19.2 Å². The number of piperidine rings is 1. The van der Waals surface area contributed by atoms with Crippen molar-refractivity contribution in [3.05, 3.63) is 34.9 Å². The standard InChI is InChI=1S/C20H31ClN4O/c1-16-6-5-9-25(15-16)20(22-2)23-14-19(24-10-12-26-13-11-24)17-7-3-4-8-18(17)21/h3-4,7-8,16,19H,5-6,9-15H2,1-2H3,(H,22,23). The number of halogens is 1. The molecule has 1 aromatic carbocycles. The molecule has 2 aliphatic heterocycles. The van der Waals surface area contributed by atoms with Gasteiger partial charge in [-0.05, 0) is 30.4 Å². The minimum atomic E-state index is 0.214. The summed E-state index contributed by atoms with van der Waals surface area (Å²) in [4.78, 5) is 9.38. The van der Waals surface area contributed by atoms with Gasteiger partial charge >= 0.3 is 0 Å². The highest BCUT2D eigenvalue weighted by molar-refractivity contribution is 6.31. The number of nitrogens with zero attached hydrogens (tertiary/aromatic N) is 3. The molecule has 0 spiro atoms. The molecule has 6 heteroatoms. The van der Waals surface area contributed by atoms with Gasteiger partial charge in [-0.1, -0.05) is 36.7 Å². The summed E-state index contributed by atoms with van der Waals surface area (Å²) in [5, 5.41) is 4.44. The fraction of sp³-hybridized carbons (Fsp3) is 0.650. The number of rotatable bonds is 4. The summed E-state index contributed by atoms with van der Waals surface area (Å²) < 4.78 is 5.54. The van der Waals surface area contributed by atoms with Crippen LogP contribution in [0.3, 0.4) is 0 Å². The quantitative estimate of drug-likeness (QED) is 0.645. The number of benzene rings is 1. The summed E-state index contributed by atoms with van der Waals surface area (Å²) in [5.41, 5.74) is 1.17. The van der Waals surface area contributed by atoms with E-state index in [4.69, 9.17) is 16.3 Å². The first-order valence-corrected chi connectivity index (χ1v) is 10.1. The number of hydrogen-bond donors (Lipinski definition) is 1. The third-order valence-electron chi connectivity index (χ3n) is 5.37. The zero-order valence-electron chi connectivity index (χ0n) is 16.0. The lowest BCUT2D eigenvalue weighted by molar-refractivity contribution is 0.0168. The molecule has 2 fully saturated rings. The molecular weight excluding hydrogens is 348 g/mol. The molecule has 3 rings (SSSR count). The van der Waals surface area contributed by atoms with Crippen molar-refractivity contribution in [1.29, 1.82) is 0 Å². The molecule has 2 saturated heterocycles. The van der Waals surface area contributed by atoms with Gasteiger partial charge in [0, 0.05) is 44.8 Å². The van der Waals surface area contributed by atoms with Crippen molar-refractivity contribution in [2.45, 2.75) is 25.8 Å². The zero-order valence-corrected chi connectivity index (χ0v) is 16.7. The molecule has 2 atom stereocenters. The smallest absolute Gasteiger partial charge is 0.193 e. The average Bonchev–Trinajstić information content (AvgIpc) is 2.67. The Hall–Kier alpha value is -1.30. The molecule has 2 unspecified atom stereocenters. The van der Waals surface area contributed by atoms with Gasteiger partial charge in [0.2, 0.25) is 0 Å². The van der Waals surface area contributed by atoms with E-state index >= 15 is 0 Å². The molecule has 26 heavy (non-hydrogen) atoms. The molecule has 0 amide bonds. The third kappa shape index (κ3) is 4.90. The summed E-state index contributed by atoms with van der Waals surface area (Å²) in [7, 11) is 1.88. The van der Waals surface area contributed by atoms with Crippen molar-refractivity contribution in [2.75, 3.05) is 53.0 Å². The lowest BCUT2D eigenvalue weighted by Gasteiger charge is -2.37. The maximum atomic E-state index is 6.53. The van der Waals surface area contributed by atoms with Crippen LogP contribution in [0.5, 0.6) is 0 Å². The Morgan fingerprint density at radius 2 is 2.08 bits per heavy atom. The van der Waals surface area contributed by atoms with Crippen LogP contribution in [-0.2, 0) is 4.74 Å². The van der Waals surface area contributed by atoms with Crippen LogP contribution in [0.15, 0.2) is 29.3 Å². The summed E-state index contributed by atoms with van der Waals surface area (Å²) >= 11 is 6.53. The molecule has 0 saturated carbocycles. The Kier molecular flexibility index (Phi) is 7.17. The molecule has 0 aromatic heterocycles. The summed E-state index contributed by atoms with van der Waals surface area (Å²) in [6.07, 6.45) is 2.54. The largest absolute Gasteiger partial charge is 0.379 e. The van der Waals surface area contributed by atoms with Gasteiger partial charge in [-0.25, -0.2) is 0 Å². The predicted octanol–water partition coefficient (Wildman–Crippen LogP) is 3.02. The maximum absolute atomic E-state index is 6.53. The Bertz CT molecular complexity index is 603. The third-order valence-corrected chi connectivity index (χ3v) is 5.72. The fourth-order valence-electron chi connectivity index (χ4n) is 3.97. The van der Waals surface area contributed by atoms with E-state index in [9.17, 15) is 0 Å². The molecule has 2 heterocycles. The second kappa shape index (κ2) is 9.58. The van der Waals surface area contributed by atoms with Gasteiger partial charge < -0.3 is 15.0 Å². The second-order valence-corrected chi connectivity index (χ2v) is 7.71. The van der Waals surface area contributed by atoms with Crippen molar-refractivity contribution in [3.8, 4) is 0 Å². The normalized spacial score (nSPS) is 23.7. The topological polar surface area (TPSA) is 40.1 Å². The number of ether oxygens (including phenoxy) is 1. The Morgan fingerprint density at radius 1 is 1.31 bits per heavy atom. The van der Waals surface area contributed by atoms with Crippen molar-refractivity contribution in [3.63, 3.8) is 0 Å². The van der Waals surface area contributed by atoms with E-state index in [-0.39, 0.29) is 6.04 Å². The number of aliphatic imine (C=N–C) groups is 1. The van der Waals surface area contributed by atoms with Crippen molar-refractivity contribution >= 4 is 17.6 Å². The number of morpholine rings is 1. The SMILES string of the molecule is CN=C(NCC(c1ccccc1Cl)N1CCOCC1)N1CCCC(C)C1. The van der Waals surface area contributed by atoms with Crippen LogP contribution in [0.1, 0.15) is 31.4 Å². The summed E-state index contributed by atoms with van der Waals surface area (Å²) in [6.45, 7) is 8.68. The van der Waals surface area contributed by atoms with Crippen molar-refractivity contribution in [1.82, 2.24) is 15.1 Å². The second-order valence-electron chi connectivity index (χ2n) is 7.31. The lowest BCUT2D eigenvalue weighted by Crippen LogP contribution is -2.49. The first-order chi connectivity index (χ1) is 12.7. The minimum absolute atomic E-state index is 0.214. The lowest BCUT2D eigenvalue weighted by atomic mass is 10.0. The number of nitrogens with one attached hydrogen (secondary N) is 1. The van der Waals surface area contributed by atoms with Crippen LogP contribution in [-0.4, -0.2) is 68.7 Å². The van der Waals surface area contributed by atoms with E-state index in [0.717, 1.165) is 62.8 Å². The van der Waals surface area contributed by atoms with Gasteiger partial charge in [0.1, 0.15) is 0 Å². The van der Waals surface area contributed by atoms with Crippen LogP contribution >= 0.6 is 11.6 Å². The fourth-order valence-corrected chi connectivity index (χ4v) is 4.23. The summed E-state index contributed by atoms with van der Waals surface area (Å²) in [5.74, 6) is 1.72. The molecule has 1 aromatic rings. The Labute approximate surface area is 162 Å². The van der Waals surface area contributed by atoms with Gasteiger partial charge in [0.05, 0.1) is 19.3 Å². The number of hydrogen-bond acceptors (Lipinski definition) is 3. The van der Waals surface area contributed by atoms with Crippen LogP contribution in [0.4, 0.5) is 0 Å². The number of likely N-dealkylation sites (tertiary alicyclic amines) is 1. The van der Waals surface area contributed by atoms with Gasteiger partial charge in [0.25, 0.3) is 0 Å². The van der Waals surface area contributed by atoms with E-state index in [2.05, 4.69) is 39.2 Å². The highest BCUT2D eigenvalue weighted by Crippen LogP contribution is 2.28. The Balaban J connectivity index is 1.71. The molecule has 0 aliphatic carbocycles. The minimum Gasteiger partial charge on any atom is -0.379 e. The first-order valence-electron chi connectivity index (χ1n) is 9.71. The summed E-state index contributed by atoms with van der Waals surface area (Å²) in [6, 6.07) is 8.38. The van der Waals surface area contributed by atoms with Gasteiger partial charge in [-0.3, -0.25) is 9.89 Å². The van der Waals surface area contributed by atoms with E-state index in [0.29, 0.717) is 0 Å². The highest BCUT2D eigenvalue weighted by atomic mass is 35.5. The van der Waals surface area contributed by atoms with E-state index in [1.165, 1.54) is 18.4 Å². The van der Waals surface area contributed by atoms with Gasteiger partial charge in [-0.2, -0.15) is 0 Å².